The van der Waals surface area contributed by atoms with E-state index in [4.69, 9.17) is 4.74 Å². The van der Waals surface area contributed by atoms with Crippen molar-refractivity contribution in [2.24, 2.45) is 5.92 Å². The molecule has 1 aliphatic rings. The molecular formula is C8H17NO. The van der Waals surface area contributed by atoms with Crippen LogP contribution >= 0.6 is 0 Å². The van der Waals surface area contributed by atoms with Crippen LogP contribution in [0.2, 0.25) is 0 Å². The minimum absolute atomic E-state index is 0.446. The van der Waals surface area contributed by atoms with Gasteiger partial charge in [0.25, 0.3) is 0 Å². The number of hydrogen-bond donors (Lipinski definition) is 1. The molecule has 2 heteroatoms. The third-order valence-electron chi connectivity index (χ3n) is 2.42. The highest BCUT2D eigenvalue weighted by molar-refractivity contribution is 4.72. The van der Waals surface area contributed by atoms with E-state index in [0.29, 0.717) is 6.10 Å². The molecule has 0 aromatic rings. The van der Waals surface area contributed by atoms with Crippen LogP contribution in [0.4, 0.5) is 0 Å². The summed E-state index contributed by atoms with van der Waals surface area (Å²) in [5.41, 5.74) is 0. The van der Waals surface area contributed by atoms with E-state index in [1.165, 1.54) is 25.9 Å². The van der Waals surface area contributed by atoms with Gasteiger partial charge in [-0.1, -0.05) is 0 Å². The van der Waals surface area contributed by atoms with Gasteiger partial charge in [0, 0.05) is 7.11 Å². The molecule has 60 valence electrons. The van der Waals surface area contributed by atoms with Gasteiger partial charge in [0.2, 0.25) is 0 Å². The van der Waals surface area contributed by atoms with Crippen LogP contribution in [0.1, 0.15) is 19.8 Å². The van der Waals surface area contributed by atoms with Crippen LogP contribution in [0.25, 0.3) is 0 Å². The zero-order valence-corrected chi connectivity index (χ0v) is 6.89. The van der Waals surface area contributed by atoms with Crippen molar-refractivity contribution in [3.05, 3.63) is 0 Å². The molecule has 0 aromatic carbocycles. The summed E-state index contributed by atoms with van der Waals surface area (Å²) in [6.07, 6.45) is 2.99. The van der Waals surface area contributed by atoms with Crippen LogP contribution in [0.3, 0.4) is 0 Å². The highest BCUT2D eigenvalue weighted by atomic mass is 16.5. The molecule has 0 aromatic heterocycles. The standard InChI is InChI=1S/C8H17NO/c1-7(10-2)8-3-5-9-6-4-8/h7-9H,3-6H2,1-2H3/t7-/m0/s1. The van der Waals surface area contributed by atoms with Gasteiger partial charge in [-0.25, -0.2) is 0 Å². The average Bonchev–Trinajstić information content (AvgIpc) is 2.05. The summed E-state index contributed by atoms with van der Waals surface area (Å²) in [7, 11) is 1.80. The first kappa shape index (κ1) is 8.02. The molecular weight excluding hydrogens is 126 g/mol. The lowest BCUT2D eigenvalue weighted by molar-refractivity contribution is 0.0537. The number of ether oxygens (including phenoxy) is 1. The van der Waals surface area contributed by atoms with E-state index >= 15 is 0 Å². The monoisotopic (exact) mass is 143 g/mol. The summed E-state index contributed by atoms with van der Waals surface area (Å²) in [5.74, 6) is 0.784. The third kappa shape index (κ3) is 1.96. The second-order valence-corrected chi connectivity index (χ2v) is 3.03. The highest BCUT2D eigenvalue weighted by Gasteiger charge is 2.18. The molecule has 10 heavy (non-hydrogen) atoms. The zero-order valence-electron chi connectivity index (χ0n) is 6.89. The van der Waals surface area contributed by atoms with Gasteiger partial charge in [0.05, 0.1) is 6.10 Å². The number of hydrogen-bond acceptors (Lipinski definition) is 2. The molecule has 0 spiro atoms. The summed E-state index contributed by atoms with van der Waals surface area (Å²) in [6.45, 7) is 4.49. The molecule has 0 aliphatic carbocycles. The van der Waals surface area contributed by atoms with Gasteiger partial charge in [0.15, 0.2) is 0 Å². The summed E-state index contributed by atoms with van der Waals surface area (Å²) >= 11 is 0. The molecule has 0 amide bonds. The lowest BCUT2D eigenvalue weighted by Crippen LogP contribution is -2.33. The Morgan fingerprint density at radius 1 is 1.40 bits per heavy atom. The first-order valence-corrected chi connectivity index (χ1v) is 4.08. The smallest absolute Gasteiger partial charge is 0.0572 e. The maximum atomic E-state index is 5.26. The molecule has 2 nitrogen and oxygen atoms in total. The van der Waals surface area contributed by atoms with Gasteiger partial charge in [0.1, 0.15) is 0 Å². The number of rotatable bonds is 2. The van der Waals surface area contributed by atoms with E-state index in [1.54, 1.807) is 7.11 Å². The van der Waals surface area contributed by atoms with Gasteiger partial charge >= 0.3 is 0 Å². The van der Waals surface area contributed by atoms with Crippen LogP contribution < -0.4 is 5.32 Å². The van der Waals surface area contributed by atoms with Crippen molar-refractivity contribution >= 4 is 0 Å². The van der Waals surface area contributed by atoms with Gasteiger partial charge in [-0.05, 0) is 38.8 Å². The Bertz CT molecular complexity index is 89.3. The molecule has 1 rings (SSSR count). The molecule has 1 saturated heterocycles. The Kier molecular flexibility index (Phi) is 3.16. The van der Waals surface area contributed by atoms with Crippen molar-refractivity contribution in [1.29, 1.82) is 0 Å². The molecule has 0 bridgehead atoms. The molecule has 0 unspecified atom stereocenters. The molecule has 1 atom stereocenters. The minimum atomic E-state index is 0.446. The lowest BCUT2D eigenvalue weighted by Gasteiger charge is -2.26. The van der Waals surface area contributed by atoms with Crippen LogP contribution in [-0.2, 0) is 4.74 Å². The number of piperidine rings is 1. The Morgan fingerprint density at radius 3 is 2.50 bits per heavy atom. The van der Waals surface area contributed by atoms with Crippen molar-refractivity contribution in [3.8, 4) is 0 Å². The Balaban J connectivity index is 2.24. The largest absolute Gasteiger partial charge is 0.381 e. The molecule has 1 aliphatic heterocycles. The van der Waals surface area contributed by atoms with Crippen LogP contribution in [0.5, 0.6) is 0 Å². The molecule has 1 fully saturated rings. The van der Waals surface area contributed by atoms with E-state index in [9.17, 15) is 0 Å². The fourth-order valence-electron chi connectivity index (χ4n) is 1.51. The van der Waals surface area contributed by atoms with Crippen LogP contribution in [0, 0.1) is 5.92 Å². The first-order valence-electron chi connectivity index (χ1n) is 4.08. The van der Waals surface area contributed by atoms with Crippen molar-refractivity contribution in [3.63, 3.8) is 0 Å². The average molecular weight is 143 g/mol. The van der Waals surface area contributed by atoms with Crippen molar-refractivity contribution in [2.75, 3.05) is 20.2 Å². The second-order valence-electron chi connectivity index (χ2n) is 3.03. The van der Waals surface area contributed by atoms with E-state index < -0.39 is 0 Å². The topological polar surface area (TPSA) is 21.3 Å². The summed E-state index contributed by atoms with van der Waals surface area (Å²) in [6, 6.07) is 0. The van der Waals surface area contributed by atoms with Gasteiger partial charge in [-0.3, -0.25) is 0 Å². The summed E-state index contributed by atoms with van der Waals surface area (Å²) in [4.78, 5) is 0. The summed E-state index contributed by atoms with van der Waals surface area (Å²) in [5, 5.41) is 3.34. The van der Waals surface area contributed by atoms with Gasteiger partial charge < -0.3 is 10.1 Å². The lowest BCUT2D eigenvalue weighted by atomic mass is 9.93. The van der Waals surface area contributed by atoms with E-state index in [0.717, 1.165) is 5.92 Å². The minimum Gasteiger partial charge on any atom is -0.381 e. The Labute approximate surface area is 63.0 Å². The molecule has 1 N–H and O–H groups in total. The molecule has 1 heterocycles. The van der Waals surface area contributed by atoms with E-state index in [-0.39, 0.29) is 0 Å². The second kappa shape index (κ2) is 3.94. The van der Waals surface area contributed by atoms with E-state index in [2.05, 4.69) is 12.2 Å². The van der Waals surface area contributed by atoms with Gasteiger partial charge in [-0.2, -0.15) is 0 Å². The molecule has 0 radical (unpaired) electrons. The number of nitrogens with one attached hydrogen (secondary N) is 1. The first-order chi connectivity index (χ1) is 4.84. The molecule has 0 saturated carbocycles. The zero-order chi connectivity index (χ0) is 7.40. The summed E-state index contributed by atoms with van der Waals surface area (Å²) < 4.78 is 5.26. The Morgan fingerprint density at radius 2 is 2.00 bits per heavy atom. The fourth-order valence-corrected chi connectivity index (χ4v) is 1.51. The van der Waals surface area contributed by atoms with E-state index in [1.807, 2.05) is 0 Å². The quantitative estimate of drug-likeness (QED) is 0.623. The Hall–Kier alpha value is -0.0800. The predicted molar refractivity (Wildman–Crippen MR) is 42.1 cm³/mol. The fraction of sp³-hybridized carbons (Fsp3) is 1.00. The van der Waals surface area contributed by atoms with Crippen molar-refractivity contribution in [2.45, 2.75) is 25.9 Å². The van der Waals surface area contributed by atoms with Crippen LogP contribution in [0.15, 0.2) is 0 Å². The maximum absolute atomic E-state index is 5.26. The van der Waals surface area contributed by atoms with Crippen molar-refractivity contribution in [1.82, 2.24) is 5.32 Å². The third-order valence-corrected chi connectivity index (χ3v) is 2.42. The van der Waals surface area contributed by atoms with Crippen molar-refractivity contribution < 1.29 is 4.74 Å². The maximum Gasteiger partial charge on any atom is 0.0572 e. The predicted octanol–water partition coefficient (Wildman–Crippen LogP) is 1.02. The SMILES string of the molecule is CO[C@@H](C)C1CCNCC1. The van der Waals surface area contributed by atoms with Gasteiger partial charge in [-0.15, -0.1) is 0 Å². The van der Waals surface area contributed by atoms with Crippen LogP contribution in [-0.4, -0.2) is 26.3 Å². The highest BCUT2D eigenvalue weighted by Crippen LogP contribution is 2.17. The normalized spacial score (nSPS) is 24.6. The number of methoxy groups -OCH3 is 1.